The van der Waals surface area contributed by atoms with Gasteiger partial charge in [-0.25, -0.2) is 0 Å². The number of hydrogen-bond acceptors (Lipinski definition) is 5. The molecule has 0 aliphatic carbocycles. The van der Waals surface area contributed by atoms with E-state index in [-0.39, 0.29) is 11.9 Å². The smallest absolute Gasteiger partial charge is 0.249 e. The standard InChI is InChI=1S/C19H24ClN3O3/c1-3-7-17(24)23-11-6-5-8-15(23)19-21-18(22-26-19)13-9-10-16(25-4-2)14(20)12-13/h9-10,12,15H,3-8,11H2,1-2H3. The van der Waals surface area contributed by atoms with E-state index in [1.807, 2.05) is 24.8 Å². The van der Waals surface area contributed by atoms with Crippen molar-refractivity contribution in [2.24, 2.45) is 0 Å². The topological polar surface area (TPSA) is 68.5 Å². The number of carbonyl (C=O) groups excluding carboxylic acids is 1. The molecular weight excluding hydrogens is 354 g/mol. The molecule has 1 atom stereocenters. The molecule has 140 valence electrons. The lowest BCUT2D eigenvalue weighted by molar-refractivity contribution is -0.135. The Balaban J connectivity index is 1.82. The van der Waals surface area contributed by atoms with E-state index in [0.29, 0.717) is 35.5 Å². The highest BCUT2D eigenvalue weighted by molar-refractivity contribution is 6.32. The number of halogens is 1. The van der Waals surface area contributed by atoms with Crippen LogP contribution in [0.1, 0.15) is 57.9 Å². The average molecular weight is 378 g/mol. The van der Waals surface area contributed by atoms with Crippen LogP contribution < -0.4 is 4.74 Å². The minimum Gasteiger partial charge on any atom is -0.492 e. The molecule has 0 saturated carbocycles. The Morgan fingerprint density at radius 1 is 1.38 bits per heavy atom. The summed E-state index contributed by atoms with van der Waals surface area (Å²) in [6.07, 6.45) is 4.30. The van der Waals surface area contributed by atoms with Crippen molar-refractivity contribution in [3.8, 4) is 17.1 Å². The van der Waals surface area contributed by atoms with Crippen LogP contribution in [0.3, 0.4) is 0 Å². The van der Waals surface area contributed by atoms with Crippen LogP contribution in [0.25, 0.3) is 11.4 Å². The zero-order valence-corrected chi connectivity index (χ0v) is 16.0. The SMILES string of the molecule is CCCC(=O)N1CCCCC1c1nc(-c2ccc(OCC)c(Cl)c2)no1. The van der Waals surface area contributed by atoms with E-state index in [0.717, 1.165) is 37.8 Å². The van der Waals surface area contributed by atoms with E-state index in [1.165, 1.54) is 0 Å². The zero-order valence-electron chi connectivity index (χ0n) is 15.2. The number of amides is 1. The molecule has 0 bridgehead atoms. The molecule has 1 aromatic carbocycles. The summed E-state index contributed by atoms with van der Waals surface area (Å²) in [5.41, 5.74) is 0.760. The van der Waals surface area contributed by atoms with Crippen molar-refractivity contribution >= 4 is 17.5 Å². The molecule has 1 saturated heterocycles. The lowest BCUT2D eigenvalue weighted by Gasteiger charge is -2.33. The van der Waals surface area contributed by atoms with E-state index in [9.17, 15) is 4.79 Å². The maximum atomic E-state index is 12.4. The number of nitrogens with zero attached hydrogens (tertiary/aromatic N) is 3. The molecule has 26 heavy (non-hydrogen) atoms. The number of benzene rings is 1. The molecule has 7 heteroatoms. The molecule has 1 unspecified atom stereocenters. The average Bonchev–Trinajstić information content (AvgIpc) is 3.14. The van der Waals surface area contributed by atoms with Gasteiger partial charge >= 0.3 is 0 Å². The highest BCUT2D eigenvalue weighted by Gasteiger charge is 2.31. The summed E-state index contributed by atoms with van der Waals surface area (Å²) in [4.78, 5) is 18.8. The number of hydrogen-bond donors (Lipinski definition) is 0. The van der Waals surface area contributed by atoms with Crippen molar-refractivity contribution in [3.05, 3.63) is 29.1 Å². The van der Waals surface area contributed by atoms with Crippen LogP contribution in [0.4, 0.5) is 0 Å². The van der Waals surface area contributed by atoms with E-state index >= 15 is 0 Å². The van der Waals surface area contributed by atoms with Crippen molar-refractivity contribution in [2.45, 2.75) is 52.0 Å². The van der Waals surface area contributed by atoms with Crippen LogP contribution >= 0.6 is 11.6 Å². The molecule has 6 nitrogen and oxygen atoms in total. The molecule has 2 heterocycles. The highest BCUT2D eigenvalue weighted by atomic mass is 35.5. The van der Waals surface area contributed by atoms with Crippen molar-refractivity contribution in [2.75, 3.05) is 13.2 Å². The first kappa shape index (κ1) is 18.7. The first-order chi connectivity index (χ1) is 12.6. The van der Waals surface area contributed by atoms with Gasteiger partial charge in [0.1, 0.15) is 11.8 Å². The summed E-state index contributed by atoms with van der Waals surface area (Å²) in [5.74, 6) is 1.75. The minimum absolute atomic E-state index is 0.137. The van der Waals surface area contributed by atoms with Gasteiger partial charge in [0.05, 0.1) is 11.6 Å². The Bertz CT molecular complexity index is 762. The number of aromatic nitrogens is 2. The zero-order chi connectivity index (χ0) is 18.5. The van der Waals surface area contributed by atoms with Crippen LogP contribution in [0.5, 0.6) is 5.75 Å². The maximum Gasteiger partial charge on any atom is 0.249 e. The maximum absolute atomic E-state index is 12.4. The molecule has 1 aliphatic heterocycles. The third-order valence-electron chi connectivity index (χ3n) is 4.50. The number of likely N-dealkylation sites (tertiary alicyclic amines) is 1. The van der Waals surface area contributed by atoms with Gasteiger partial charge in [-0.3, -0.25) is 4.79 Å². The summed E-state index contributed by atoms with van der Waals surface area (Å²) in [6, 6.07) is 5.28. The Morgan fingerprint density at radius 2 is 2.23 bits per heavy atom. The van der Waals surface area contributed by atoms with Gasteiger partial charge in [0.25, 0.3) is 0 Å². The quantitative estimate of drug-likeness (QED) is 0.733. The summed E-state index contributed by atoms with van der Waals surface area (Å²) >= 11 is 6.25. The lowest BCUT2D eigenvalue weighted by Crippen LogP contribution is -2.38. The second-order valence-corrected chi connectivity index (χ2v) is 6.79. The predicted molar refractivity (Wildman–Crippen MR) is 99.1 cm³/mol. The number of ether oxygens (including phenoxy) is 1. The van der Waals surface area contributed by atoms with E-state index in [1.54, 1.807) is 12.1 Å². The Labute approximate surface area is 158 Å². The summed E-state index contributed by atoms with van der Waals surface area (Å²) in [7, 11) is 0. The van der Waals surface area contributed by atoms with E-state index in [4.69, 9.17) is 20.9 Å². The number of piperidine rings is 1. The normalized spacial score (nSPS) is 17.3. The second-order valence-electron chi connectivity index (χ2n) is 6.38. The molecule has 1 amide bonds. The van der Waals surface area contributed by atoms with Crippen LogP contribution in [-0.2, 0) is 4.79 Å². The second kappa shape index (κ2) is 8.54. The molecular formula is C19H24ClN3O3. The monoisotopic (exact) mass is 377 g/mol. The van der Waals surface area contributed by atoms with E-state index in [2.05, 4.69) is 10.1 Å². The van der Waals surface area contributed by atoms with Crippen LogP contribution in [0.2, 0.25) is 5.02 Å². The summed E-state index contributed by atoms with van der Waals surface area (Å²) in [5, 5.41) is 4.60. The van der Waals surface area contributed by atoms with Crippen LogP contribution in [0, 0.1) is 0 Å². The fourth-order valence-corrected chi connectivity index (χ4v) is 3.48. The van der Waals surface area contributed by atoms with Gasteiger partial charge in [-0.2, -0.15) is 4.98 Å². The van der Waals surface area contributed by atoms with Crippen LogP contribution in [-0.4, -0.2) is 34.1 Å². The molecule has 2 aromatic rings. The van der Waals surface area contributed by atoms with Crippen molar-refractivity contribution in [1.82, 2.24) is 15.0 Å². The van der Waals surface area contributed by atoms with Gasteiger partial charge < -0.3 is 14.2 Å². The molecule has 3 rings (SSSR count). The van der Waals surface area contributed by atoms with Gasteiger partial charge in [-0.05, 0) is 50.8 Å². The molecule has 1 fully saturated rings. The third-order valence-corrected chi connectivity index (χ3v) is 4.80. The molecule has 1 aliphatic rings. The number of rotatable bonds is 6. The van der Waals surface area contributed by atoms with Crippen LogP contribution in [0.15, 0.2) is 22.7 Å². The summed E-state index contributed by atoms with van der Waals surface area (Å²) in [6.45, 7) is 5.22. The fraction of sp³-hybridized carbons (Fsp3) is 0.526. The highest BCUT2D eigenvalue weighted by Crippen LogP contribution is 2.33. The van der Waals surface area contributed by atoms with Crippen molar-refractivity contribution in [1.29, 1.82) is 0 Å². The minimum atomic E-state index is -0.137. The van der Waals surface area contributed by atoms with Crippen molar-refractivity contribution < 1.29 is 14.1 Å². The Morgan fingerprint density at radius 3 is 2.96 bits per heavy atom. The number of carbonyl (C=O) groups is 1. The lowest BCUT2D eigenvalue weighted by atomic mass is 10.0. The van der Waals surface area contributed by atoms with E-state index < -0.39 is 0 Å². The molecule has 0 radical (unpaired) electrons. The largest absolute Gasteiger partial charge is 0.492 e. The predicted octanol–water partition coefficient (Wildman–Crippen LogP) is 4.64. The van der Waals surface area contributed by atoms with Gasteiger partial charge in [-0.15, -0.1) is 0 Å². The van der Waals surface area contributed by atoms with Gasteiger partial charge in [0.15, 0.2) is 0 Å². The first-order valence-corrected chi connectivity index (χ1v) is 9.57. The fourth-order valence-electron chi connectivity index (χ4n) is 3.24. The molecule has 1 aromatic heterocycles. The molecule has 0 spiro atoms. The van der Waals surface area contributed by atoms with Gasteiger partial charge in [-0.1, -0.05) is 23.7 Å². The first-order valence-electron chi connectivity index (χ1n) is 9.19. The third kappa shape index (κ3) is 4.01. The Hall–Kier alpha value is -2.08. The molecule has 0 N–H and O–H groups in total. The summed E-state index contributed by atoms with van der Waals surface area (Å²) < 4.78 is 11.0. The Kier molecular flexibility index (Phi) is 6.14. The van der Waals surface area contributed by atoms with Gasteiger partial charge in [0.2, 0.25) is 17.6 Å². The van der Waals surface area contributed by atoms with Gasteiger partial charge in [0, 0.05) is 18.5 Å². The van der Waals surface area contributed by atoms with Crippen molar-refractivity contribution in [3.63, 3.8) is 0 Å².